The van der Waals surface area contributed by atoms with E-state index in [1.807, 2.05) is 0 Å². The average Bonchev–Trinajstić information content (AvgIpc) is 2.91. The molecule has 0 aromatic carbocycles. The maximum absolute atomic E-state index is 12.0. The Hall–Kier alpha value is -1.48. The largest absolute Gasteiger partial charge is 0.459 e. The minimum atomic E-state index is -2.99. The van der Waals surface area contributed by atoms with Gasteiger partial charge in [0.15, 0.2) is 15.0 Å². The van der Waals surface area contributed by atoms with Gasteiger partial charge in [-0.1, -0.05) is 11.3 Å². The van der Waals surface area contributed by atoms with Crippen LogP contribution in [0.15, 0.2) is 0 Å². The number of nitrogens with zero attached hydrogens (tertiary/aromatic N) is 1. The average molecular weight is 360 g/mol. The lowest BCUT2D eigenvalue weighted by Gasteiger charge is -2.06. The first-order valence-corrected chi connectivity index (χ1v) is 9.99. The number of esters is 1. The van der Waals surface area contributed by atoms with Crippen molar-refractivity contribution in [2.75, 3.05) is 16.8 Å². The molecule has 1 aliphatic heterocycles. The van der Waals surface area contributed by atoms with Crippen molar-refractivity contribution in [3.63, 3.8) is 0 Å². The van der Waals surface area contributed by atoms with Gasteiger partial charge in [-0.2, -0.15) is 0 Å². The molecule has 2 rings (SSSR count). The highest BCUT2D eigenvalue weighted by atomic mass is 32.2. The van der Waals surface area contributed by atoms with Crippen LogP contribution in [0.5, 0.6) is 0 Å². The van der Waals surface area contributed by atoms with E-state index in [2.05, 4.69) is 10.3 Å². The van der Waals surface area contributed by atoms with Crippen LogP contribution >= 0.6 is 11.3 Å². The van der Waals surface area contributed by atoms with Crippen LogP contribution in [-0.2, 0) is 19.4 Å². The summed E-state index contributed by atoms with van der Waals surface area (Å²) in [5, 5.41) is 2.95. The molecule has 1 fully saturated rings. The maximum Gasteiger partial charge on any atom is 0.350 e. The second-order valence-corrected chi connectivity index (χ2v) is 9.14. The van der Waals surface area contributed by atoms with Gasteiger partial charge in [0.1, 0.15) is 4.88 Å². The summed E-state index contributed by atoms with van der Waals surface area (Å²) in [6.45, 7) is 5.19. The molecule has 0 saturated carbocycles. The lowest BCUT2D eigenvalue weighted by Crippen LogP contribution is -2.17. The highest BCUT2D eigenvalue weighted by molar-refractivity contribution is 7.91. The number of hydrogen-bond donors (Lipinski definition) is 1. The summed E-state index contributed by atoms with van der Waals surface area (Å²) >= 11 is 1.06. The Morgan fingerprint density at radius 3 is 2.70 bits per heavy atom. The second kappa shape index (κ2) is 6.96. The third-order valence-corrected chi connectivity index (χ3v) is 6.26. The molecule has 1 amide bonds. The van der Waals surface area contributed by atoms with E-state index < -0.39 is 15.8 Å². The first-order valence-electron chi connectivity index (χ1n) is 7.35. The van der Waals surface area contributed by atoms with Gasteiger partial charge in [-0.3, -0.25) is 4.79 Å². The molecule has 0 aliphatic carbocycles. The minimum absolute atomic E-state index is 0.0588. The SMILES string of the molecule is Cc1nc(NC(=O)CC2CCS(=O)(=O)C2)sc1C(=O)OC(C)C. The number of aryl methyl sites for hydroxylation is 1. The molecule has 2 heterocycles. The summed E-state index contributed by atoms with van der Waals surface area (Å²) in [5.74, 6) is -0.691. The Bertz CT molecular complexity index is 709. The molecule has 1 aliphatic rings. The number of aromatic nitrogens is 1. The van der Waals surface area contributed by atoms with E-state index in [9.17, 15) is 18.0 Å². The lowest BCUT2D eigenvalue weighted by atomic mass is 10.1. The summed E-state index contributed by atoms with van der Waals surface area (Å²) in [5.41, 5.74) is 0.499. The highest BCUT2D eigenvalue weighted by Gasteiger charge is 2.29. The summed E-state index contributed by atoms with van der Waals surface area (Å²) in [7, 11) is -2.99. The summed E-state index contributed by atoms with van der Waals surface area (Å²) in [4.78, 5) is 28.4. The van der Waals surface area contributed by atoms with Crippen LogP contribution in [0, 0.1) is 12.8 Å². The Kier molecular flexibility index (Phi) is 5.41. The molecule has 128 valence electrons. The fraction of sp³-hybridized carbons (Fsp3) is 0.643. The van der Waals surface area contributed by atoms with Crippen molar-refractivity contribution < 1.29 is 22.7 Å². The highest BCUT2D eigenvalue weighted by Crippen LogP contribution is 2.26. The zero-order valence-corrected chi connectivity index (χ0v) is 14.9. The molecule has 7 nitrogen and oxygen atoms in total. The Morgan fingerprint density at radius 2 is 2.13 bits per heavy atom. The molecule has 1 N–H and O–H groups in total. The summed E-state index contributed by atoms with van der Waals surface area (Å²) in [6, 6.07) is 0. The zero-order chi connectivity index (χ0) is 17.2. The molecule has 0 bridgehead atoms. The Balaban J connectivity index is 1.95. The Morgan fingerprint density at radius 1 is 1.43 bits per heavy atom. The van der Waals surface area contributed by atoms with Gasteiger partial charge in [-0.05, 0) is 33.1 Å². The van der Waals surface area contributed by atoms with Gasteiger partial charge in [-0.25, -0.2) is 18.2 Å². The van der Waals surface area contributed by atoms with Crippen molar-refractivity contribution in [1.82, 2.24) is 4.98 Å². The summed E-state index contributed by atoms with van der Waals surface area (Å²) in [6.07, 6.45) is 0.425. The van der Waals surface area contributed by atoms with E-state index in [1.54, 1.807) is 20.8 Å². The van der Waals surface area contributed by atoms with E-state index >= 15 is 0 Å². The molecule has 1 atom stereocenters. The van der Waals surface area contributed by atoms with Crippen LogP contribution in [0.4, 0.5) is 5.13 Å². The molecular weight excluding hydrogens is 340 g/mol. The molecule has 1 aromatic heterocycles. The number of carbonyl (C=O) groups is 2. The number of hydrogen-bond acceptors (Lipinski definition) is 7. The number of sulfone groups is 1. The van der Waals surface area contributed by atoms with Crippen LogP contribution in [-0.4, -0.2) is 42.9 Å². The molecular formula is C14H20N2O5S2. The van der Waals surface area contributed by atoms with E-state index in [-0.39, 0.29) is 35.9 Å². The van der Waals surface area contributed by atoms with Crippen LogP contribution < -0.4 is 5.32 Å². The fourth-order valence-corrected chi connectivity index (χ4v) is 5.10. The lowest BCUT2D eigenvalue weighted by molar-refractivity contribution is -0.116. The molecule has 1 aromatic rings. The van der Waals surface area contributed by atoms with Gasteiger partial charge < -0.3 is 10.1 Å². The van der Waals surface area contributed by atoms with Crippen molar-refractivity contribution in [3.8, 4) is 0 Å². The summed E-state index contributed by atoms with van der Waals surface area (Å²) < 4.78 is 27.9. The fourth-order valence-electron chi connectivity index (χ4n) is 2.37. The standard InChI is InChI=1S/C14H20N2O5S2/c1-8(2)21-13(18)12-9(3)15-14(22-12)16-11(17)6-10-4-5-23(19,20)7-10/h8,10H,4-7H2,1-3H3,(H,15,16,17). The maximum atomic E-state index is 12.0. The first-order chi connectivity index (χ1) is 10.7. The minimum Gasteiger partial charge on any atom is -0.459 e. The predicted octanol–water partition coefficient (Wildman–Crippen LogP) is 1.78. The van der Waals surface area contributed by atoms with Crippen molar-refractivity contribution >= 4 is 38.2 Å². The van der Waals surface area contributed by atoms with Gasteiger partial charge in [0.25, 0.3) is 0 Å². The number of ether oxygens (including phenoxy) is 1. The number of nitrogens with one attached hydrogen (secondary N) is 1. The van der Waals surface area contributed by atoms with Gasteiger partial charge in [-0.15, -0.1) is 0 Å². The number of thiazole rings is 1. The molecule has 1 saturated heterocycles. The van der Waals surface area contributed by atoms with Crippen LogP contribution in [0.1, 0.15) is 42.1 Å². The van der Waals surface area contributed by atoms with E-state index in [4.69, 9.17) is 4.74 Å². The van der Waals surface area contributed by atoms with E-state index in [0.29, 0.717) is 22.1 Å². The molecule has 0 spiro atoms. The number of anilines is 1. The van der Waals surface area contributed by atoms with Gasteiger partial charge in [0, 0.05) is 6.42 Å². The van der Waals surface area contributed by atoms with Crippen LogP contribution in [0.3, 0.4) is 0 Å². The van der Waals surface area contributed by atoms with Crippen molar-refractivity contribution in [2.45, 2.75) is 39.7 Å². The number of amides is 1. The molecule has 23 heavy (non-hydrogen) atoms. The molecule has 0 radical (unpaired) electrons. The monoisotopic (exact) mass is 360 g/mol. The van der Waals surface area contributed by atoms with Crippen molar-refractivity contribution in [1.29, 1.82) is 0 Å². The van der Waals surface area contributed by atoms with Gasteiger partial charge in [0.2, 0.25) is 5.91 Å². The quantitative estimate of drug-likeness (QED) is 0.803. The normalized spacial score (nSPS) is 19.7. The predicted molar refractivity (Wildman–Crippen MR) is 87.4 cm³/mol. The third-order valence-electron chi connectivity index (χ3n) is 3.37. The topological polar surface area (TPSA) is 102 Å². The van der Waals surface area contributed by atoms with Crippen LogP contribution in [0.25, 0.3) is 0 Å². The van der Waals surface area contributed by atoms with E-state index in [1.165, 1.54) is 0 Å². The smallest absolute Gasteiger partial charge is 0.350 e. The first kappa shape index (κ1) is 17.9. The van der Waals surface area contributed by atoms with Crippen molar-refractivity contribution in [3.05, 3.63) is 10.6 Å². The molecule has 9 heteroatoms. The Labute approximate surface area is 139 Å². The third kappa shape index (κ3) is 5.00. The number of rotatable bonds is 5. The van der Waals surface area contributed by atoms with Gasteiger partial charge >= 0.3 is 5.97 Å². The van der Waals surface area contributed by atoms with Gasteiger partial charge in [0.05, 0.1) is 23.3 Å². The second-order valence-electron chi connectivity index (χ2n) is 5.91. The molecule has 1 unspecified atom stereocenters. The zero-order valence-electron chi connectivity index (χ0n) is 13.3. The van der Waals surface area contributed by atoms with Crippen molar-refractivity contribution in [2.24, 2.45) is 5.92 Å². The van der Waals surface area contributed by atoms with Crippen LogP contribution in [0.2, 0.25) is 0 Å². The number of carbonyl (C=O) groups excluding carboxylic acids is 2. The van der Waals surface area contributed by atoms with E-state index in [0.717, 1.165) is 11.3 Å².